The summed E-state index contributed by atoms with van der Waals surface area (Å²) >= 11 is 0. The molecule has 2 aromatic rings. The molecule has 2 aromatic carbocycles. The van der Waals surface area contributed by atoms with E-state index in [2.05, 4.69) is 5.32 Å². The number of amides is 1. The van der Waals surface area contributed by atoms with Crippen LogP contribution in [0.2, 0.25) is 0 Å². The predicted molar refractivity (Wildman–Crippen MR) is 122 cm³/mol. The fourth-order valence-electron chi connectivity index (χ4n) is 3.58. The van der Waals surface area contributed by atoms with Gasteiger partial charge in [0, 0.05) is 50.4 Å². The van der Waals surface area contributed by atoms with E-state index in [4.69, 9.17) is 9.47 Å². The third-order valence-corrected chi connectivity index (χ3v) is 5.16. The second kappa shape index (κ2) is 11.9. The van der Waals surface area contributed by atoms with E-state index in [0.717, 1.165) is 5.06 Å². The number of hydroxylamine groups is 2. The predicted octanol–water partition coefficient (Wildman–Crippen LogP) is 2.92. The number of carbonyl (C=O) groups excluding carboxylic acids is 1. The molecule has 0 bridgehead atoms. The summed E-state index contributed by atoms with van der Waals surface area (Å²) in [6, 6.07) is 10.8. The summed E-state index contributed by atoms with van der Waals surface area (Å²) in [5.41, 5.74) is 1.30. The van der Waals surface area contributed by atoms with Crippen LogP contribution >= 0.6 is 12.4 Å². The summed E-state index contributed by atoms with van der Waals surface area (Å²) in [5, 5.41) is 24.7. The van der Waals surface area contributed by atoms with Gasteiger partial charge in [0.25, 0.3) is 0 Å². The molecular formula is C22H29ClFN3O5. The molecule has 10 heteroatoms. The largest absolute Gasteiger partial charge is 0.493 e. The number of hydrogen-bond acceptors (Lipinski definition) is 7. The molecule has 1 aliphatic heterocycles. The average Bonchev–Trinajstić information content (AvgIpc) is 2.74. The van der Waals surface area contributed by atoms with Gasteiger partial charge in [-0.2, -0.15) is 5.06 Å². The Morgan fingerprint density at radius 1 is 1.25 bits per heavy atom. The zero-order valence-corrected chi connectivity index (χ0v) is 18.8. The number of methoxy groups -OCH3 is 1. The number of benzene rings is 2. The molecule has 0 saturated carbocycles. The van der Waals surface area contributed by atoms with Crippen molar-refractivity contribution in [2.24, 2.45) is 0 Å². The highest BCUT2D eigenvalue weighted by atomic mass is 35.5. The molecule has 3 N–H and O–H groups in total. The van der Waals surface area contributed by atoms with Gasteiger partial charge in [0.2, 0.25) is 5.91 Å². The van der Waals surface area contributed by atoms with Crippen molar-refractivity contribution in [3.8, 4) is 11.5 Å². The molecule has 0 aliphatic carbocycles. The van der Waals surface area contributed by atoms with Crippen LogP contribution in [0.25, 0.3) is 0 Å². The third-order valence-electron chi connectivity index (χ3n) is 5.16. The molecule has 176 valence electrons. The highest BCUT2D eigenvalue weighted by Crippen LogP contribution is 2.30. The Morgan fingerprint density at radius 3 is 2.72 bits per heavy atom. The number of nitrogens with zero attached hydrogens (tertiary/aromatic N) is 2. The van der Waals surface area contributed by atoms with Gasteiger partial charge < -0.3 is 30.0 Å². The number of rotatable bonds is 8. The first-order chi connectivity index (χ1) is 14.9. The fraction of sp³-hybridized carbons (Fsp3) is 0.409. The van der Waals surface area contributed by atoms with E-state index in [1.165, 1.54) is 26.2 Å². The van der Waals surface area contributed by atoms with E-state index >= 15 is 0 Å². The SMILES string of the molecule is COc1cc(NC(C)=O)ccc1OCCC(O)C1CN(c2cccc(F)c2)CCN1O.Cl. The number of ether oxygens (including phenoxy) is 2. The number of nitrogens with one attached hydrogen (secondary N) is 1. The summed E-state index contributed by atoms with van der Waals surface area (Å²) in [5.74, 6) is 0.425. The maximum absolute atomic E-state index is 13.5. The van der Waals surface area contributed by atoms with E-state index in [-0.39, 0.29) is 37.2 Å². The van der Waals surface area contributed by atoms with Gasteiger partial charge in [-0.3, -0.25) is 4.79 Å². The molecule has 2 atom stereocenters. The van der Waals surface area contributed by atoms with Crippen LogP contribution in [0.4, 0.5) is 15.8 Å². The summed E-state index contributed by atoms with van der Waals surface area (Å²) in [7, 11) is 1.50. The molecule has 2 unspecified atom stereocenters. The molecule has 0 radical (unpaired) electrons. The maximum Gasteiger partial charge on any atom is 0.221 e. The van der Waals surface area contributed by atoms with E-state index in [0.29, 0.717) is 42.5 Å². The van der Waals surface area contributed by atoms with Crippen molar-refractivity contribution < 1.29 is 29.0 Å². The van der Waals surface area contributed by atoms with Crippen molar-refractivity contribution in [1.29, 1.82) is 0 Å². The van der Waals surface area contributed by atoms with Gasteiger partial charge in [-0.1, -0.05) is 6.07 Å². The van der Waals surface area contributed by atoms with E-state index < -0.39 is 12.1 Å². The number of carbonyl (C=O) groups is 1. The Balaban J connectivity index is 0.00000363. The van der Waals surface area contributed by atoms with Crippen LogP contribution in [0, 0.1) is 5.82 Å². The Bertz CT molecular complexity index is 904. The lowest BCUT2D eigenvalue weighted by atomic mass is 10.0. The number of piperazine rings is 1. The second-order valence-electron chi connectivity index (χ2n) is 7.41. The molecule has 1 aliphatic rings. The van der Waals surface area contributed by atoms with Crippen LogP contribution in [0.5, 0.6) is 11.5 Å². The van der Waals surface area contributed by atoms with Crippen molar-refractivity contribution in [3.63, 3.8) is 0 Å². The van der Waals surface area contributed by atoms with Crippen LogP contribution in [0.3, 0.4) is 0 Å². The molecule has 1 heterocycles. The summed E-state index contributed by atoms with van der Waals surface area (Å²) < 4.78 is 24.6. The Kier molecular flexibility index (Phi) is 9.52. The molecule has 8 nitrogen and oxygen atoms in total. The van der Waals surface area contributed by atoms with Crippen LogP contribution < -0.4 is 19.7 Å². The van der Waals surface area contributed by atoms with Crippen LogP contribution in [-0.2, 0) is 4.79 Å². The smallest absolute Gasteiger partial charge is 0.221 e. The molecule has 32 heavy (non-hydrogen) atoms. The average molecular weight is 470 g/mol. The van der Waals surface area contributed by atoms with E-state index in [1.807, 2.05) is 4.90 Å². The minimum Gasteiger partial charge on any atom is -0.493 e. The standard InChI is InChI=1S/C22H28FN3O5.ClH/c1-15(27)24-17-6-7-21(22(13-17)30-2)31-11-8-20(28)19-14-25(9-10-26(19)29)18-5-3-4-16(23)12-18;/h3-7,12-13,19-20,28-29H,8-11,14H2,1-2H3,(H,24,27);1H. The molecule has 1 amide bonds. The number of halogens is 2. The van der Waals surface area contributed by atoms with Gasteiger partial charge >= 0.3 is 0 Å². The quantitative estimate of drug-likeness (QED) is 0.547. The number of hydrogen-bond donors (Lipinski definition) is 3. The zero-order chi connectivity index (χ0) is 22.4. The van der Waals surface area contributed by atoms with Gasteiger partial charge in [0.1, 0.15) is 5.82 Å². The lowest BCUT2D eigenvalue weighted by molar-refractivity contribution is -0.160. The first kappa shape index (κ1) is 25.7. The monoisotopic (exact) mass is 469 g/mol. The van der Waals surface area contributed by atoms with Crippen LogP contribution in [0.1, 0.15) is 13.3 Å². The van der Waals surface area contributed by atoms with Gasteiger partial charge in [0.05, 0.1) is 25.9 Å². The lowest BCUT2D eigenvalue weighted by Crippen LogP contribution is -2.56. The highest BCUT2D eigenvalue weighted by Gasteiger charge is 2.32. The van der Waals surface area contributed by atoms with E-state index in [9.17, 15) is 19.5 Å². The maximum atomic E-state index is 13.5. The van der Waals surface area contributed by atoms with Gasteiger partial charge in [0.15, 0.2) is 11.5 Å². The summed E-state index contributed by atoms with van der Waals surface area (Å²) in [6.45, 7) is 2.83. The first-order valence-corrected chi connectivity index (χ1v) is 10.1. The zero-order valence-electron chi connectivity index (χ0n) is 18.0. The summed E-state index contributed by atoms with van der Waals surface area (Å²) in [4.78, 5) is 13.1. The molecular weight excluding hydrogens is 441 g/mol. The van der Waals surface area contributed by atoms with E-state index in [1.54, 1.807) is 30.3 Å². The molecule has 3 rings (SSSR count). The number of anilines is 2. The second-order valence-corrected chi connectivity index (χ2v) is 7.41. The van der Waals surface area contributed by atoms with Crippen molar-refractivity contribution in [2.75, 3.05) is 43.6 Å². The van der Waals surface area contributed by atoms with Gasteiger partial charge in [-0.05, 0) is 30.3 Å². The Morgan fingerprint density at radius 2 is 2.03 bits per heavy atom. The Labute approximate surface area is 192 Å². The molecule has 0 aromatic heterocycles. The molecule has 1 saturated heterocycles. The minimum atomic E-state index is -0.856. The van der Waals surface area contributed by atoms with Crippen molar-refractivity contribution >= 4 is 29.7 Å². The first-order valence-electron chi connectivity index (χ1n) is 10.1. The van der Waals surface area contributed by atoms with Crippen LogP contribution in [-0.4, -0.2) is 66.8 Å². The molecule has 0 spiro atoms. The summed E-state index contributed by atoms with van der Waals surface area (Å²) in [6.07, 6.45) is -0.582. The topological polar surface area (TPSA) is 94.5 Å². The lowest BCUT2D eigenvalue weighted by Gasteiger charge is -2.41. The normalized spacial score (nSPS) is 17.3. The van der Waals surface area contributed by atoms with Crippen molar-refractivity contribution in [1.82, 2.24) is 5.06 Å². The molecule has 1 fully saturated rings. The Hall–Kier alpha value is -2.59. The van der Waals surface area contributed by atoms with Gasteiger partial charge in [-0.15, -0.1) is 12.4 Å². The van der Waals surface area contributed by atoms with Gasteiger partial charge in [-0.25, -0.2) is 4.39 Å². The minimum absolute atomic E-state index is 0. The van der Waals surface area contributed by atoms with Crippen molar-refractivity contribution in [3.05, 3.63) is 48.3 Å². The van der Waals surface area contributed by atoms with Crippen LogP contribution in [0.15, 0.2) is 42.5 Å². The number of aliphatic hydroxyl groups is 1. The van der Waals surface area contributed by atoms with Crippen molar-refractivity contribution in [2.45, 2.75) is 25.5 Å². The third kappa shape index (κ3) is 6.70. The highest BCUT2D eigenvalue weighted by molar-refractivity contribution is 5.89. The fourth-order valence-corrected chi connectivity index (χ4v) is 3.58. The number of aliphatic hydroxyl groups excluding tert-OH is 1.